The Morgan fingerprint density at radius 1 is 1.39 bits per heavy atom. The van der Waals surface area contributed by atoms with Crippen molar-refractivity contribution in [1.29, 1.82) is 0 Å². The zero-order valence-electron chi connectivity index (χ0n) is 9.90. The molecule has 0 aromatic heterocycles. The van der Waals surface area contributed by atoms with Crippen molar-refractivity contribution in [2.45, 2.75) is 13.5 Å². The fraction of sp³-hybridized carbons (Fsp3) is 0.167. The van der Waals surface area contributed by atoms with Gasteiger partial charge in [-0.3, -0.25) is 0 Å². The number of rotatable bonds is 4. The molecule has 0 aliphatic carbocycles. The zero-order chi connectivity index (χ0) is 13.9. The minimum Gasteiger partial charge on any atom is -0.478 e. The van der Waals surface area contributed by atoms with Crippen LogP contribution in [0.4, 0.5) is 11.4 Å². The Morgan fingerprint density at radius 3 is 2.50 bits per heavy atom. The van der Waals surface area contributed by atoms with Crippen molar-refractivity contribution < 1.29 is 19.4 Å². The van der Waals surface area contributed by atoms with Crippen molar-refractivity contribution in [1.82, 2.24) is 0 Å². The molecule has 0 heterocycles. The average molecular weight is 250 g/mol. The molecule has 1 aromatic carbocycles. The van der Waals surface area contributed by atoms with Gasteiger partial charge >= 0.3 is 11.9 Å². The number of carboxylic acids is 1. The van der Waals surface area contributed by atoms with Gasteiger partial charge in [0.15, 0.2) is 0 Å². The normalized spacial score (nSPS) is 9.83. The van der Waals surface area contributed by atoms with Crippen LogP contribution in [-0.2, 0) is 16.1 Å². The lowest BCUT2D eigenvalue weighted by Gasteiger charge is -2.12. The lowest BCUT2D eigenvalue weighted by molar-refractivity contribution is -0.140. The molecular formula is C12H14N2O4. The van der Waals surface area contributed by atoms with E-state index in [1.165, 1.54) is 19.1 Å². The van der Waals surface area contributed by atoms with Gasteiger partial charge in [0.1, 0.15) is 6.61 Å². The summed E-state index contributed by atoms with van der Waals surface area (Å²) in [6.07, 6.45) is 0. The highest BCUT2D eigenvalue weighted by Gasteiger charge is 2.15. The number of carbonyl (C=O) groups excluding carboxylic acids is 1. The van der Waals surface area contributed by atoms with E-state index >= 15 is 0 Å². The molecule has 6 heteroatoms. The quantitative estimate of drug-likeness (QED) is 0.419. The van der Waals surface area contributed by atoms with Crippen LogP contribution in [0.5, 0.6) is 0 Å². The van der Waals surface area contributed by atoms with Gasteiger partial charge in [0.2, 0.25) is 0 Å². The molecule has 1 aromatic rings. The summed E-state index contributed by atoms with van der Waals surface area (Å²) in [7, 11) is 0. The number of carbonyl (C=O) groups is 2. The van der Waals surface area contributed by atoms with Gasteiger partial charge in [-0.1, -0.05) is 6.58 Å². The van der Waals surface area contributed by atoms with Gasteiger partial charge in [0, 0.05) is 16.8 Å². The summed E-state index contributed by atoms with van der Waals surface area (Å²) in [6.45, 7) is 4.74. The summed E-state index contributed by atoms with van der Waals surface area (Å²) < 4.78 is 4.89. The Bertz CT molecular complexity index is 523. The third-order valence-electron chi connectivity index (χ3n) is 2.32. The van der Waals surface area contributed by atoms with Crippen molar-refractivity contribution in [2.24, 2.45) is 0 Å². The predicted molar refractivity (Wildman–Crippen MR) is 66.8 cm³/mol. The van der Waals surface area contributed by atoms with E-state index in [1.54, 1.807) is 0 Å². The van der Waals surface area contributed by atoms with Crippen molar-refractivity contribution in [3.63, 3.8) is 0 Å². The van der Waals surface area contributed by atoms with Crippen LogP contribution in [0.25, 0.3) is 0 Å². The van der Waals surface area contributed by atoms with Crippen molar-refractivity contribution in [2.75, 3.05) is 11.5 Å². The van der Waals surface area contributed by atoms with E-state index in [0.29, 0.717) is 0 Å². The van der Waals surface area contributed by atoms with Crippen LogP contribution in [0.3, 0.4) is 0 Å². The average Bonchev–Trinajstić information content (AvgIpc) is 2.27. The van der Waals surface area contributed by atoms with E-state index in [1.807, 2.05) is 0 Å². The minimum absolute atomic E-state index is 0.00276. The van der Waals surface area contributed by atoms with Gasteiger partial charge in [0.05, 0.1) is 11.3 Å². The number of carboxylic acid groups (broad SMARTS) is 1. The number of aromatic carboxylic acids is 1. The molecule has 96 valence electrons. The molecule has 0 spiro atoms. The second kappa shape index (κ2) is 5.22. The summed E-state index contributed by atoms with van der Waals surface area (Å²) in [5, 5.41) is 8.90. The van der Waals surface area contributed by atoms with E-state index in [-0.39, 0.29) is 34.7 Å². The Hall–Kier alpha value is -2.50. The first-order valence-electron chi connectivity index (χ1n) is 5.07. The molecule has 0 amide bonds. The molecule has 0 saturated carbocycles. The molecule has 0 saturated heterocycles. The Balaban J connectivity index is 3.01. The van der Waals surface area contributed by atoms with Crippen LogP contribution in [0, 0.1) is 0 Å². The van der Waals surface area contributed by atoms with Crippen LogP contribution in [0.2, 0.25) is 0 Å². The van der Waals surface area contributed by atoms with Gasteiger partial charge in [-0.15, -0.1) is 0 Å². The fourth-order valence-electron chi connectivity index (χ4n) is 1.29. The predicted octanol–water partition coefficient (Wildman–Crippen LogP) is 1.17. The Morgan fingerprint density at radius 2 is 2.00 bits per heavy atom. The summed E-state index contributed by atoms with van der Waals surface area (Å²) in [5.74, 6) is -1.76. The van der Waals surface area contributed by atoms with Gasteiger partial charge in [0.25, 0.3) is 0 Å². The molecule has 5 N–H and O–H groups in total. The summed E-state index contributed by atoms with van der Waals surface area (Å²) in [4.78, 5) is 22.1. The van der Waals surface area contributed by atoms with E-state index in [0.717, 1.165) is 0 Å². The molecule has 1 rings (SSSR count). The molecule has 0 fully saturated rings. The van der Waals surface area contributed by atoms with E-state index < -0.39 is 11.9 Å². The molecular weight excluding hydrogens is 236 g/mol. The Labute approximate surface area is 104 Å². The highest BCUT2D eigenvalue weighted by atomic mass is 16.5. The Kier molecular flexibility index (Phi) is 3.93. The molecule has 0 atom stereocenters. The monoisotopic (exact) mass is 250 g/mol. The third-order valence-corrected chi connectivity index (χ3v) is 2.32. The standard InChI is InChI=1S/C12H14N2O4/c1-6(2)12(17)18-5-8-9(13)4-3-7(10(8)14)11(15)16/h3-4H,1,5,13-14H2,2H3,(H,15,16). The third kappa shape index (κ3) is 2.79. The van der Waals surface area contributed by atoms with Gasteiger partial charge in [-0.05, 0) is 19.1 Å². The van der Waals surface area contributed by atoms with Crippen LogP contribution in [0.1, 0.15) is 22.8 Å². The van der Waals surface area contributed by atoms with Crippen LogP contribution < -0.4 is 11.5 Å². The number of benzene rings is 1. The van der Waals surface area contributed by atoms with Gasteiger partial charge in [-0.25, -0.2) is 9.59 Å². The molecule has 18 heavy (non-hydrogen) atoms. The number of anilines is 2. The lowest BCUT2D eigenvalue weighted by Crippen LogP contribution is -2.11. The maximum absolute atomic E-state index is 11.2. The molecule has 0 aliphatic heterocycles. The molecule has 0 unspecified atom stereocenters. The largest absolute Gasteiger partial charge is 0.478 e. The summed E-state index contributed by atoms with van der Waals surface area (Å²) >= 11 is 0. The van der Waals surface area contributed by atoms with Crippen molar-refractivity contribution in [3.05, 3.63) is 35.4 Å². The first kappa shape index (κ1) is 13.6. The lowest BCUT2D eigenvalue weighted by atomic mass is 10.1. The highest BCUT2D eigenvalue weighted by molar-refractivity contribution is 5.95. The van der Waals surface area contributed by atoms with E-state index in [4.69, 9.17) is 21.3 Å². The molecule has 0 radical (unpaired) electrons. The van der Waals surface area contributed by atoms with Crippen LogP contribution >= 0.6 is 0 Å². The van der Waals surface area contributed by atoms with Gasteiger partial charge in [-0.2, -0.15) is 0 Å². The molecule has 0 aliphatic rings. The number of ether oxygens (including phenoxy) is 1. The second-order valence-corrected chi connectivity index (χ2v) is 3.76. The number of nitrogens with two attached hydrogens (primary N) is 2. The summed E-state index contributed by atoms with van der Waals surface area (Å²) in [5.41, 5.74) is 12.0. The fourth-order valence-corrected chi connectivity index (χ4v) is 1.29. The first-order chi connectivity index (χ1) is 8.34. The molecule has 6 nitrogen and oxygen atoms in total. The minimum atomic E-state index is -1.17. The topological polar surface area (TPSA) is 116 Å². The maximum Gasteiger partial charge on any atom is 0.337 e. The second-order valence-electron chi connectivity index (χ2n) is 3.76. The highest BCUT2D eigenvalue weighted by Crippen LogP contribution is 2.25. The number of hydrogen-bond donors (Lipinski definition) is 3. The van der Waals surface area contributed by atoms with E-state index in [2.05, 4.69) is 6.58 Å². The summed E-state index contributed by atoms with van der Waals surface area (Å²) in [6, 6.07) is 2.71. The first-order valence-corrected chi connectivity index (χ1v) is 5.07. The van der Waals surface area contributed by atoms with E-state index in [9.17, 15) is 9.59 Å². The van der Waals surface area contributed by atoms with Crippen LogP contribution in [0.15, 0.2) is 24.3 Å². The SMILES string of the molecule is C=C(C)C(=O)OCc1c(N)ccc(C(=O)O)c1N. The van der Waals surface area contributed by atoms with Crippen molar-refractivity contribution in [3.8, 4) is 0 Å². The van der Waals surface area contributed by atoms with Crippen LogP contribution in [-0.4, -0.2) is 17.0 Å². The maximum atomic E-state index is 11.2. The smallest absolute Gasteiger partial charge is 0.337 e. The number of nitrogen functional groups attached to an aromatic ring is 2. The van der Waals surface area contributed by atoms with Gasteiger partial charge < -0.3 is 21.3 Å². The number of hydrogen-bond acceptors (Lipinski definition) is 5. The number of esters is 1. The van der Waals surface area contributed by atoms with Crippen molar-refractivity contribution >= 4 is 23.3 Å². The zero-order valence-corrected chi connectivity index (χ0v) is 9.90. The molecule has 0 bridgehead atoms.